The normalized spacial score (nSPS) is 20.4. The lowest BCUT2D eigenvalue weighted by Crippen LogP contribution is -2.18. The van der Waals surface area contributed by atoms with E-state index in [9.17, 15) is 0 Å². The Kier molecular flexibility index (Phi) is 8.68. The Morgan fingerprint density at radius 2 is 1.56 bits per heavy atom. The summed E-state index contributed by atoms with van der Waals surface area (Å²) in [6.45, 7) is 6.99. The number of hydrogen-bond donors (Lipinski definition) is 0. The molecule has 2 aromatic carbocycles. The van der Waals surface area contributed by atoms with Crippen LogP contribution >= 0.6 is 0 Å². The summed E-state index contributed by atoms with van der Waals surface area (Å²) in [6.07, 6.45) is 5.28. The molecule has 4 atom stereocenters. The number of benzene rings is 2. The zero-order chi connectivity index (χ0) is 23.1. The average Bonchev–Trinajstić information content (AvgIpc) is 3.20. The molecule has 0 amide bonds. The summed E-state index contributed by atoms with van der Waals surface area (Å²) < 4.78 is 28.2. The molecule has 0 aliphatic carbocycles. The lowest BCUT2D eigenvalue weighted by Gasteiger charge is -2.24. The average molecular weight is 441 g/mol. The molecule has 1 aliphatic rings. The minimum atomic E-state index is 0.0105. The van der Waals surface area contributed by atoms with Crippen LogP contribution in [0.5, 0.6) is 23.0 Å². The van der Waals surface area contributed by atoms with Gasteiger partial charge in [-0.15, -0.1) is 0 Å². The van der Waals surface area contributed by atoms with Gasteiger partial charge in [0.2, 0.25) is 0 Å². The number of hydrogen-bond acceptors (Lipinski definition) is 5. The Morgan fingerprint density at radius 3 is 2.19 bits per heavy atom. The van der Waals surface area contributed by atoms with Crippen molar-refractivity contribution in [3.05, 3.63) is 60.9 Å². The fourth-order valence-electron chi connectivity index (χ4n) is 4.50. The smallest absolute Gasteiger partial charge is 0.161 e. The van der Waals surface area contributed by atoms with Crippen molar-refractivity contribution in [3.8, 4) is 23.0 Å². The van der Waals surface area contributed by atoms with E-state index < -0.39 is 0 Å². The van der Waals surface area contributed by atoms with Gasteiger partial charge in [0.1, 0.15) is 0 Å². The van der Waals surface area contributed by atoms with Crippen LogP contribution in [0.1, 0.15) is 37.0 Å². The Morgan fingerprint density at radius 1 is 0.938 bits per heavy atom. The predicted octanol–water partition coefficient (Wildman–Crippen LogP) is 5.72. The summed E-state index contributed by atoms with van der Waals surface area (Å²) in [5, 5.41) is 0. The van der Waals surface area contributed by atoms with Crippen molar-refractivity contribution in [3.63, 3.8) is 0 Å². The number of methoxy groups -OCH3 is 4. The van der Waals surface area contributed by atoms with E-state index in [0.29, 0.717) is 24.4 Å². The van der Waals surface area contributed by atoms with Crippen molar-refractivity contribution in [1.82, 2.24) is 0 Å². The Balaban J connectivity index is 1.83. The molecule has 2 aromatic rings. The first-order valence-corrected chi connectivity index (χ1v) is 11.2. The van der Waals surface area contributed by atoms with Gasteiger partial charge in [0.25, 0.3) is 0 Å². The molecule has 174 valence electrons. The van der Waals surface area contributed by atoms with E-state index in [1.54, 1.807) is 28.4 Å². The van der Waals surface area contributed by atoms with Crippen molar-refractivity contribution in [2.24, 2.45) is 17.8 Å². The maximum absolute atomic E-state index is 6.38. The van der Waals surface area contributed by atoms with Crippen molar-refractivity contribution in [2.75, 3.05) is 35.0 Å². The molecule has 0 aromatic heterocycles. The zero-order valence-electron chi connectivity index (χ0n) is 19.9. The van der Waals surface area contributed by atoms with Crippen LogP contribution in [0.4, 0.5) is 0 Å². The molecular formula is C27H36O5. The Bertz CT molecular complexity index is 863. The molecule has 5 heteroatoms. The van der Waals surface area contributed by atoms with Gasteiger partial charge in [0.05, 0.1) is 41.2 Å². The second-order valence-electron chi connectivity index (χ2n) is 8.55. The molecular weight excluding hydrogens is 404 g/mol. The predicted molar refractivity (Wildman–Crippen MR) is 127 cm³/mol. The largest absolute Gasteiger partial charge is 0.493 e. The topological polar surface area (TPSA) is 46.2 Å². The molecule has 3 rings (SSSR count). The Hall–Kier alpha value is -2.40. The van der Waals surface area contributed by atoms with E-state index in [0.717, 1.165) is 47.8 Å². The van der Waals surface area contributed by atoms with Crippen molar-refractivity contribution in [1.29, 1.82) is 0 Å². The van der Waals surface area contributed by atoms with Crippen LogP contribution in [-0.2, 0) is 11.2 Å². The van der Waals surface area contributed by atoms with E-state index in [4.69, 9.17) is 23.7 Å². The van der Waals surface area contributed by atoms with Crippen LogP contribution in [0, 0.1) is 31.1 Å². The van der Waals surface area contributed by atoms with Crippen molar-refractivity contribution >= 4 is 0 Å². The van der Waals surface area contributed by atoms with E-state index >= 15 is 0 Å². The molecule has 0 saturated carbocycles. The van der Waals surface area contributed by atoms with Gasteiger partial charge < -0.3 is 23.7 Å². The fourth-order valence-corrected chi connectivity index (χ4v) is 4.50. The van der Waals surface area contributed by atoms with E-state index in [2.05, 4.69) is 38.5 Å². The zero-order valence-corrected chi connectivity index (χ0v) is 19.9. The van der Waals surface area contributed by atoms with Gasteiger partial charge >= 0.3 is 0 Å². The molecule has 1 heterocycles. The standard InChI is InChI=1S/C27H36O5/c1-18(2)8-7-9-22-21(14-19-10-12-23(28-3)25(15-19)30-5)17-32-27(22)20-11-13-24(29-4)26(16-20)31-6/h7,10-13,15-16,18,21-22,27H,1,8-9,14,17H2,2-6H3/t18?,21-,22+,27+/m0/s1. The summed E-state index contributed by atoms with van der Waals surface area (Å²) in [5.41, 5.74) is 2.35. The highest BCUT2D eigenvalue weighted by molar-refractivity contribution is 5.44. The van der Waals surface area contributed by atoms with E-state index in [1.165, 1.54) is 5.56 Å². The van der Waals surface area contributed by atoms with Crippen molar-refractivity contribution < 1.29 is 23.7 Å². The first-order chi connectivity index (χ1) is 15.5. The maximum atomic E-state index is 6.38. The maximum Gasteiger partial charge on any atom is 0.161 e. The first kappa shape index (κ1) is 24.2. The minimum absolute atomic E-state index is 0.0105. The summed E-state index contributed by atoms with van der Waals surface area (Å²) in [4.78, 5) is 0. The molecule has 5 nitrogen and oxygen atoms in total. The summed E-state index contributed by atoms with van der Waals surface area (Å²) in [5.74, 6) is 4.12. The molecule has 1 aliphatic heterocycles. The molecule has 1 saturated heterocycles. The number of ether oxygens (including phenoxy) is 5. The summed E-state index contributed by atoms with van der Waals surface area (Å²) in [6, 6.07) is 12.2. The monoisotopic (exact) mass is 440 g/mol. The lowest BCUT2D eigenvalue weighted by molar-refractivity contribution is 0.0895. The van der Waals surface area contributed by atoms with E-state index in [1.807, 2.05) is 18.2 Å². The Labute approximate surface area is 193 Å². The van der Waals surface area contributed by atoms with Gasteiger partial charge in [0.15, 0.2) is 23.0 Å². The number of rotatable bonds is 11. The van der Waals surface area contributed by atoms with Crippen LogP contribution in [0.3, 0.4) is 0 Å². The lowest BCUT2D eigenvalue weighted by atomic mass is 9.80. The molecule has 0 spiro atoms. The van der Waals surface area contributed by atoms with Gasteiger partial charge in [-0.1, -0.05) is 26.0 Å². The van der Waals surface area contributed by atoms with Crippen LogP contribution in [0.25, 0.3) is 0 Å². The van der Waals surface area contributed by atoms with Gasteiger partial charge in [-0.05, 0) is 78.8 Å². The molecule has 2 radical (unpaired) electrons. The second kappa shape index (κ2) is 11.5. The highest BCUT2D eigenvalue weighted by Gasteiger charge is 2.38. The van der Waals surface area contributed by atoms with Crippen LogP contribution < -0.4 is 18.9 Å². The fraction of sp³-hybridized carbons (Fsp3) is 0.481. The van der Waals surface area contributed by atoms with Gasteiger partial charge in [-0.3, -0.25) is 0 Å². The third-order valence-electron chi connectivity index (χ3n) is 6.17. The quantitative estimate of drug-likeness (QED) is 0.447. The molecule has 0 bridgehead atoms. The van der Waals surface area contributed by atoms with Crippen LogP contribution in [-0.4, -0.2) is 35.0 Å². The first-order valence-electron chi connectivity index (χ1n) is 11.2. The van der Waals surface area contributed by atoms with Gasteiger partial charge in [-0.2, -0.15) is 0 Å². The van der Waals surface area contributed by atoms with E-state index in [-0.39, 0.29) is 6.10 Å². The summed E-state index contributed by atoms with van der Waals surface area (Å²) >= 11 is 0. The highest BCUT2D eigenvalue weighted by atomic mass is 16.5. The SMILES string of the molecule is [CH2]C(C)C[CH]C[C@@H]1[C@@H](Cc2ccc(OC)c(OC)c2)CO[C@@H]1c1ccc(OC)c(OC)c1. The highest BCUT2D eigenvalue weighted by Crippen LogP contribution is 2.45. The molecule has 1 fully saturated rings. The van der Waals surface area contributed by atoms with Crippen LogP contribution in [0.15, 0.2) is 36.4 Å². The molecule has 32 heavy (non-hydrogen) atoms. The van der Waals surface area contributed by atoms with Gasteiger partial charge in [0, 0.05) is 0 Å². The second-order valence-corrected chi connectivity index (χ2v) is 8.55. The third-order valence-corrected chi connectivity index (χ3v) is 6.17. The third kappa shape index (κ3) is 5.69. The van der Waals surface area contributed by atoms with Crippen LogP contribution in [0.2, 0.25) is 0 Å². The van der Waals surface area contributed by atoms with Gasteiger partial charge in [-0.25, -0.2) is 0 Å². The molecule has 1 unspecified atom stereocenters. The van der Waals surface area contributed by atoms with Crippen molar-refractivity contribution in [2.45, 2.75) is 32.3 Å². The minimum Gasteiger partial charge on any atom is -0.493 e. The molecule has 0 N–H and O–H groups in total. The summed E-state index contributed by atoms with van der Waals surface area (Å²) in [7, 11) is 6.65.